The Hall–Kier alpha value is -4.67. The Morgan fingerprint density at radius 1 is 0.883 bits per heavy atom. The Balaban J connectivity index is 1.00. The van der Waals surface area contributed by atoms with Crippen LogP contribution in [0.3, 0.4) is 0 Å². The van der Waals surface area contributed by atoms with Crippen molar-refractivity contribution in [1.82, 2.24) is 14.8 Å². The number of aliphatic carboxylic acids is 1. The van der Waals surface area contributed by atoms with Gasteiger partial charge in [-0.25, -0.2) is 8.42 Å². The van der Waals surface area contributed by atoms with Gasteiger partial charge < -0.3 is 24.2 Å². The molecule has 0 amide bonds. The van der Waals surface area contributed by atoms with Crippen LogP contribution in [0.15, 0.2) is 67.0 Å². The van der Waals surface area contributed by atoms with Crippen molar-refractivity contribution < 1.29 is 32.5 Å². The molecule has 1 aromatic heterocycles. The number of hydrogen-bond acceptors (Lipinski definition) is 10. The lowest BCUT2D eigenvalue weighted by molar-refractivity contribution is -0.144. The lowest BCUT2D eigenvalue weighted by Crippen LogP contribution is -2.44. The molecule has 11 nitrogen and oxygen atoms in total. The van der Waals surface area contributed by atoms with Crippen LogP contribution in [0.5, 0.6) is 17.2 Å². The molecular weight excluding hydrogens is 800 g/mol. The molecule has 318 valence electrons. The molecule has 3 aliphatic rings. The van der Waals surface area contributed by atoms with Crippen LogP contribution in [0, 0.1) is 30.6 Å². The Morgan fingerprint density at radius 3 is 2.37 bits per heavy atom. The standard InChI is InChI=1S/C47H55ClN4O7S/c1-33-37(8-5-9-39(33)40-10-6-12-43(34(40)2)57-21-7-17-51-19-13-47(14-20-51)15-22-60(55,56)23-16-47)32-59-45-26-44(58-31-36-24-35(27-49)28-50-29-36)38(25-41(45)48)30-52-18-4-3-11-42(52)46(53)54/h5-6,8-10,12,24-26,28-29,42H,3-4,7,11,13-23,30-32H2,1-2H3,(H,53,54)/t42-/m0/s1. The summed E-state index contributed by atoms with van der Waals surface area (Å²) in [5.41, 5.74) is 7.45. The number of piperidine rings is 2. The van der Waals surface area contributed by atoms with Gasteiger partial charge in [0.25, 0.3) is 0 Å². The number of rotatable bonds is 15. The van der Waals surface area contributed by atoms with E-state index in [1.165, 1.54) is 6.20 Å². The molecule has 3 aliphatic heterocycles. The van der Waals surface area contributed by atoms with E-state index in [2.05, 4.69) is 41.9 Å². The Kier molecular flexibility index (Phi) is 14.0. The summed E-state index contributed by atoms with van der Waals surface area (Å²) in [5, 5.41) is 19.7. The van der Waals surface area contributed by atoms with Gasteiger partial charge in [-0.1, -0.05) is 48.4 Å². The summed E-state index contributed by atoms with van der Waals surface area (Å²) >= 11 is 6.89. The third kappa shape index (κ3) is 10.6. The van der Waals surface area contributed by atoms with Crippen LogP contribution in [0.1, 0.15) is 84.7 Å². The predicted molar refractivity (Wildman–Crippen MR) is 232 cm³/mol. The molecule has 0 aliphatic carbocycles. The monoisotopic (exact) mass is 854 g/mol. The minimum absolute atomic E-state index is 0.151. The van der Waals surface area contributed by atoms with Crippen LogP contribution in [-0.4, -0.2) is 84.6 Å². The third-order valence-corrected chi connectivity index (χ3v) is 14.7. The highest BCUT2D eigenvalue weighted by Gasteiger charge is 2.39. The van der Waals surface area contributed by atoms with Crippen LogP contribution in [0.25, 0.3) is 11.1 Å². The SMILES string of the molecule is Cc1c(COc2cc(OCc3cncc(C#N)c3)c(CN3CCCC[C@H]3C(=O)O)cc2Cl)cccc1-c1cccc(OCCCN2CCC3(CC2)CCS(=O)(=O)CC3)c1C. The number of ether oxygens (including phenoxy) is 3. The predicted octanol–water partition coefficient (Wildman–Crippen LogP) is 8.55. The number of pyridine rings is 1. The number of carboxylic acids is 1. The first-order valence-electron chi connectivity index (χ1n) is 21.1. The molecule has 1 atom stereocenters. The lowest BCUT2D eigenvalue weighted by Gasteiger charge is -2.44. The van der Waals surface area contributed by atoms with Gasteiger partial charge in [0.1, 0.15) is 52.4 Å². The first kappa shape index (κ1) is 43.4. The molecule has 0 radical (unpaired) electrons. The number of carbonyl (C=O) groups is 1. The third-order valence-electron chi connectivity index (χ3n) is 12.8. The van der Waals surface area contributed by atoms with Gasteiger partial charge >= 0.3 is 5.97 Å². The highest BCUT2D eigenvalue weighted by atomic mass is 35.5. The highest BCUT2D eigenvalue weighted by Crippen LogP contribution is 2.42. The van der Waals surface area contributed by atoms with Crippen LogP contribution in [0.2, 0.25) is 5.02 Å². The Morgan fingerprint density at radius 2 is 1.62 bits per heavy atom. The molecule has 1 N–H and O–H groups in total. The fourth-order valence-corrected chi connectivity index (χ4v) is 10.9. The zero-order valence-corrected chi connectivity index (χ0v) is 36.2. The molecule has 3 aromatic carbocycles. The molecule has 13 heteroatoms. The molecule has 1 spiro atoms. The van der Waals surface area contributed by atoms with E-state index in [1.54, 1.807) is 24.4 Å². The van der Waals surface area contributed by atoms with Crippen molar-refractivity contribution in [3.63, 3.8) is 0 Å². The molecule has 4 aromatic rings. The second kappa shape index (κ2) is 19.4. The number of halogens is 1. The molecule has 7 rings (SSSR count). The maximum absolute atomic E-state index is 12.1. The van der Waals surface area contributed by atoms with Gasteiger partial charge in [0, 0.05) is 42.7 Å². The van der Waals surface area contributed by atoms with Crippen LogP contribution >= 0.6 is 11.6 Å². The van der Waals surface area contributed by atoms with E-state index < -0.39 is 21.8 Å². The zero-order valence-electron chi connectivity index (χ0n) is 34.6. The molecule has 3 fully saturated rings. The summed E-state index contributed by atoms with van der Waals surface area (Å²) in [6, 6.07) is 19.2. The number of nitrogens with zero attached hydrogens (tertiary/aromatic N) is 4. The van der Waals surface area contributed by atoms with Crippen molar-refractivity contribution in [3.05, 3.63) is 105 Å². The summed E-state index contributed by atoms with van der Waals surface area (Å²) in [6.07, 6.45) is 10.2. The minimum Gasteiger partial charge on any atom is -0.493 e. The summed E-state index contributed by atoms with van der Waals surface area (Å²) in [5.74, 6) is 1.68. The second-order valence-corrected chi connectivity index (χ2v) is 19.4. The number of hydrogen-bond donors (Lipinski definition) is 1. The van der Waals surface area contributed by atoms with Gasteiger partial charge in [-0.15, -0.1) is 0 Å². The van der Waals surface area contributed by atoms with E-state index in [0.717, 1.165) is 109 Å². The Bertz CT molecular complexity index is 2310. The van der Waals surface area contributed by atoms with Crippen LogP contribution < -0.4 is 14.2 Å². The van der Waals surface area contributed by atoms with Gasteiger partial charge in [0.05, 0.1) is 28.7 Å². The summed E-state index contributed by atoms with van der Waals surface area (Å²) < 4.78 is 43.0. The molecular formula is C47H55ClN4O7S. The largest absolute Gasteiger partial charge is 0.493 e. The Labute approximate surface area is 359 Å². The first-order chi connectivity index (χ1) is 28.9. The van der Waals surface area contributed by atoms with Crippen LogP contribution in [-0.2, 0) is 34.4 Å². The van der Waals surface area contributed by atoms with Crippen molar-refractivity contribution in [2.45, 2.75) is 91.0 Å². The van der Waals surface area contributed by atoms with E-state index in [0.29, 0.717) is 59.7 Å². The maximum atomic E-state index is 12.1. The molecule has 0 unspecified atom stereocenters. The van der Waals surface area contributed by atoms with Crippen molar-refractivity contribution >= 4 is 27.4 Å². The summed E-state index contributed by atoms with van der Waals surface area (Å²) in [6.45, 7) is 9.22. The normalized spacial score (nSPS) is 19.1. The number of benzene rings is 3. The maximum Gasteiger partial charge on any atom is 0.320 e. The van der Waals surface area contributed by atoms with Crippen molar-refractivity contribution in [2.75, 3.05) is 44.3 Å². The number of carboxylic acid groups (broad SMARTS) is 1. The van der Waals surface area contributed by atoms with Gasteiger partial charge in [-0.05, 0) is 130 Å². The molecule has 60 heavy (non-hydrogen) atoms. The van der Waals surface area contributed by atoms with Gasteiger partial charge in [0.2, 0.25) is 0 Å². The zero-order chi connectivity index (χ0) is 42.3. The first-order valence-corrected chi connectivity index (χ1v) is 23.3. The topological polar surface area (TPSA) is 142 Å². The molecule has 0 saturated carbocycles. The van der Waals surface area contributed by atoms with Gasteiger partial charge in [-0.2, -0.15) is 5.26 Å². The number of likely N-dealkylation sites (tertiary alicyclic amines) is 2. The van der Waals surface area contributed by atoms with Crippen molar-refractivity contribution in [3.8, 4) is 34.4 Å². The number of nitriles is 1. The lowest BCUT2D eigenvalue weighted by atomic mass is 9.74. The van der Waals surface area contributed by atoms with E-state index in [4.69, 9.17) is 25.8 Å². The number of aromatic nitrogens is 1. The van der Waals surface area contributed by atoms with Crippen LogP contribution in [0.4, 0.5) is 0 Å². The van der Waals surface area contributed by atoms with Gasteiger partial charge in [0.15, 0.2) is 0 Å². The van der Waals surface area contributed by atoms with E-state index >= 15 is 0 Å². The van der Waals surface area contributed by atoms with E-state index in [-0.39, 0.29) is 18.6 Å². The number of sulfone groups is 1. The minimum atomic E-state index is -2.84. The van der Waals surface area contributed by atoms with E-state index in [1.807, 2.05) is 29.2 Å². The quantitative estimate of drug-likeness (QED) is 0.115. The molecule has 4 heterocycles. The smallest absolute Gasteiger partial charge is 0.320 e. The fourth-order valence-electron chi connectivity index (χ4n) is 8.95. The molecule has 0 bridgehead atoms. The van der Waals surface area contributed by atoms with Crippen molar-refractivity contribution in [1.29, 1.82) is 5.26 Å². The average molecular weight is 855 g/mol. The summed E-state index contributed by atoms with van der Waals surface area (Å²) in [4.78, 5) is 20.7. The highest BCUT2D eigenvalue weighted by molar-refractivity contribution is 7.91. The van der Waals surface area contributed by atoms with Gasteiger partial charge in [-0.3, -0.25) is 14.7 Å². The average Bonchev–Trinajstić information content (AvgIpc) is 3.25. The fraction of sp³-hybridized carbons (Fsp3) is 0.468. The second-order valence-electron chi connectivity index (χ2n) is 16.7. The van der Waals surface area contributed by atoms with E-state index in [9.17, 15) is 23.6 Å². The van der Waals surface area contributed by atoms with Crippen molar-refractivity contribution in [2.24, 2.45) is 5.41 Å². The summed E-state index contributed by atoms with van der Waals surface area (Å²) in [7, 11) is -2.84. The molecule has 3 saturated heterocycles.